The summed E-state index contributed by atoms with van der Waals surface area (Å²) in [5.74, 6) is -0.207. The second-order valence-electron chi connectivity index (χ2n) is 7.80. The number of piperazine rings is 1. The zero-order valence-electron chi connectivity index (χ0n) is 16.6. The third-order valence-electron chi connectivity index (χ3n) is 5.80. The van der Waals surface area contributed by atoms with Crippen LogP contribution in [0.15, 0.2) is 30.5 Å². The van der Waals surface area contributed by atoms with Crippen LogP contribution in [0.1, 0.15) is 16.9 Å². The molecule has 3 amide bonds. The average Bonchev–Trinajstić information content (AvgIpc) is 3.36. The SMILES string of the molecule is O=C1NCC(CCNC(=O)c2cc3c(cn2)[nH]c2ccc(N4CCNCC4)cc23)N1. The minimum Gasteiger partial charge on any atom is -0.369 e. The van der Waals surface area contributed by atoms with E-state index in [1.165, 1.54) is 5.69 Å². The fourth-order valence-corrected chi connectivity index (χ4v) is 4.16. The Hall–Kier alpha value is -3.33. The third kappa shape index (κ3) is 3.63. The van der Waals surface area contributed by atoms with Crippen LogP contribution < -0.4 is 26.2 Å². The first kappa shape index (κ1) is 18.7. The molecule has 2 fully saturated rings. The van der Waals surface area contributed by atoms with Crippen molar-refractivity contribution in [1.82, 2.24) is 31.2 Å². The Labute approximate surface area is 173 Å². The van der Waals surface area contributed by atoms with Crippen molar-refractivity contribution >= 4 is 39.4 Å². The molecule has 5 rings (SSSR count). The van der Waals surface area contributed by atoms with Crippen molar-refractivity contribution in [3.05, 3.63) is 36.2 Å². The molecule has 156 valence electrons. The van der Waals surface area contributed by atoms with E-state index in [4.69, 9.17) is 0 Å². The van der Waals surface area contributed by atoms with E-state index in [0.717, 1.165) is 48.0 Å². The highest BCUT2D eigenvalue weighted by Crippen LogP contribution is 2.29. The summed E-state index contributed by atoms with van der Waals surface area (Å²) in [6.45, 7) is 5.01. The molecule has 1 aromatic carbocycles. The Kier molecular flexibility index (Phi) is 4.88. The molecule has 1 unspecified atom stereocenters. The number of nitrogens with zero attached hydrogens (tertiary/aromatic N) is 2. The smallest absolute Gasteiger partial charge is 0.315 e. The van der Waals surface area contributed by atoms with Gasteiger partial charge < -0.3 is 31.2 Å². The Morgan fingerprint density at radius 2 is 2.00 bits per heavy atom. The largest absolute Gasteiger partial charge is 0.369 e. The summed E-state index contributed by atoms with van der Waals surface area (Å²) in [5, 5.41) is 13.9. The average molecular weight is 407 g/mol. The van der Waals surface area contributed by atoms with Gasteiger partial charge >= 0.3 is 6.03 Å². The number of hydrogen-bond donors (Lipinski definition) is 5. The van der Waals surface area contributed by atoms with E-state index in [9.17, 15) is 9.59 Å². The molecule has 2 saturated heterocycles. The van der Waals surface area contributed by atoms with Gasteiger partial charge in [0.15, 0.2) is 0 Å². The number of benzene rings is 1. The van der Waals surface area contributed by atoms with E-state index >= 15 is 0 Å². The number of aromatic amines is 1. The van der Waals surface area contributed by atoms with Gasteiger partial charge in [-0.3, -0.25) is 4.79 Å². The van der Waals surface area contributed by atoms with Crippen LogP contribution in [0.4, 0.5) is 10.5 Å². The summed E-state index contributed by atoms with van der Waals surface area (Å²) < 4.78 is 0. The standard InChI is InChI=1S/C21H25N7O2/c29-20(23-4-3-13-11-25-21(30)26-13)18-10-16-15-9-14(28-7-5-22-6-8-28)1-2-17(15)27-19(16)12-24-18/h1-2,9-10,12-13,22,27H,3-8,11H2,(H,23,29)(H2,25,26,30). The normalized spacial score (nSPS) is 19.1. The van der Waals surface area contributed by atoms with Crippen molar-refractivity contribution < 1.29 is 9.59 Å². The van der Waals surface area contributed by atoms with Crippen molar-refractivity contribution in [3.63, 3.8) is 0 Å². The number of H-pyrrole nitrogens is 1. The van der Waals surface area contributed by atoms with Crippen molar-refractivity contribution in [3.8, 4) is 0 Å². The van der Waals surface area contributed by atoms with E-state index in [-0.39, 0.29) is 18.0 Å². The first-order valence-corrected chi connectivity index (χ1v) is 10.4. The molecular weight excluding hydrogens is 382 g/mol. The number of rotatable bonds is 5. The van der Waals surface area contributed by atoms with Crippen molar-refractivity contribution in [1.29, 1.82) is 0 Å². The summed E-state index contributed by atoms with van der Waals surface area (Å²) in [7, 11) is 0. The molecular formula is C21H25N7O2. The van der Waals surface area contributed by atoms with Crippen LogP contribution in [0.3, 0.4) is 0 Å². The zero-order valence-corrected chi connectivity index (χ0v) is 16.6. The molecule has 0 aliphatic carbocycles. The Balaban J connectivity index is 1.34. The maximum atomic E-state index is 12.6. The molecule has 0 bridgehead atoms. The Bertz CT molecular complexity index is 1100. The second kappa shape index (κ2) is 7.83. The highest BCUT2D eigenvalue weighted by molar-refractivity contribution is 6.10. The number of carbonyl (C=O) groups excluding carboxylic acids is 2. The Morgan fingerprint density at radius 3 is 2.80 bits per heavy atom. The molecule has 2 aliphatic rings. The van der Waals surface area contributed by atoms with Gasteiger partial charge in [0.1, 0.15) is 5.69 Å². The van der Waals surface area contributed by atoms with Crippen LogP contribution in [0.5, 0.6) is 0 Å². The maximum Gasteiger partial charge on any atom is 0.315 e. The minimum atomic E-state index is -0.207. The van der Waals surface area contributed by atoms with E-state index in [0.29, 0.717) is 25.2 Å². The van der Waals surface area contributed by atoms with E-state index in [2.05, 4.69) is 54.3 Å². The molecule has 0 radical (unpaired) electrons. The quantitative estimate of drug-likeness (QED) is 0.432. The van der Waals surface area contributed by atoms with Gasteiger partial charge in [-0.15, -0.1) is 0 Å². The number of aromatic nitrogens is 2. The number of amides is 3. The highest BCUT2D eigenvalue weighted by Gasteiger charge is 2.20. The lowest BCUT2D eigenvalue weighted by molar-refractivity contribution is 0.0948. The van der Waals surface area contributed by atoms with Gasteiger partial charge in [-0.25, -0.2) is 9.78 Å². The zero-order chi connectivity index (χ0) is 20.5. The van der Waals surface area contributed by atoms with Crippen molar-refractivity contribution in [2.45, 2.75) is 12.5 Å². The fourth-order valence-electron chi connectivity index (χ4n) is 4.16. The molecule has 2 aliphatic heterocycles. The molecule has 0 saturated carbocycles. The highest BCUT2D eigenvalue weighted by atomic mass is 16.2. The Morgan fingerprint density at radius 1 is 1.17 bits per heavy atom. The lowest BCUT2D eigenvalue weighted by Gasteiger charge is -2.29. The molecule has 2 aromatic heterocycles. The number of pyridine rings is 1. The molecule has 1 atom stereocenters. The lowest BCUT2D eigenvalue weighted by Crippen LogP contribution is -2.43. The van der Waals surface area contributed by atoms with Crippen LogP contribution >= 0.6 is 0 Å². The molecule has 3 aromatic rings. The number of fused-ring (bicyclic) bond motifs is 3. The van der Waals surface area contributed by atoms with E-state index in [1.807, 2.05) is 6.07 Å². The lowest BCUT2D eigenvalue weighted by atomic mass is 10.1. The van der Waals surface area contributed by atoms with Gasteiger partial charge in [0.05, 0.1) is 11.7 Å². The van der Waals surface area contributed by atoms with Crippen LogP contribution in [0.2, 0.25) is 0 Å². The van der Waals surface area contributed by atoms with Crippen LogP contribution in [-0.4, -0.2) is 67.2 Å². The molecule has 9 heteroatoms. The summed E-state index contributed by atoms with van der Waals surface area (Å²) in [6, 6.07) is 8.17. The molecule has 0 spiro atoms. The van der Waals surface area contributed by atoms with Crippen LogP contribution in [0.25, 0.3) is 21.8 Å². The number of hydrogen-bond acceptors (Lipinski definition) is 5. The van der Waals surface area contributed by atoms with Gasteiger partial charge in [-0.2, -0.15) is 0 Å². The summed E-state index contributed by atoms with van der Waals surface area (Å²) >= 11 is 0. The predicted molar refractivity (Wildman–Crippen MR) is 116 cm³/mol. The number of urea groups is 1. The second-order valence-corrected chi connectivity index (χ2v) is 7.80. The monoisotopic (exact) mass is 407 g/mol. The number of carbonyl (C=O) groups is 2. The first-order valence-electron chi connectivity index (χ1n) is 10.4. The van der Waals surface area contributed by atoms with Gasteiger partial charge in [0, 0.05) is 67.3 Å². The summed E-state index contributed by atoms with van der Waals surface area (Å²) in [4.78, 5) is 33.9. The van der Waals surface area contributed by atoms with E-state index < -0.39 is 0 Å². The number of nitrogens with one attached hydrogen (secondary N) is 5. The van der Waals surface area contributed by atoms with Crippen LogP contribution in [0, 0.1) is 0 Å². The molecule has 4 heterocycles. The van der Waals surface area contributed by atoms with E-state index in [1.54, 1.807) is 6.20 Å². The summed E-state index contributed by atoms with van der Waals surface area (Å²) in [5.41, 5.74) is 3.54. The van der Waals surface area contributed by atoms with Crippen molar-refractivity contribution in [2.75, 3.05) is 44.2 Å². The van der Waals surface area contributed by atoms with Gasteiger partial charge in [-0.1, -0.05) is 0 Å². The molecule has 30 heavy (non-hydrogen) atoms. The van der Waals surface area contributed by atoms with Gasteiger partial charge in [0.2, 0.25) is 0 Å². The minimum absolute atomic E-state index is 0.0465. The first-order chi connectivity index (χ1) is 14.7. The third-order valence-corrected chi connectivity index (χ3v) is 5.80. The van der Waals surface area contributed by atoms with Gasteiger partial charge in [0.25, 0.3) is 5.91 Å². The molecule has 9 nitrogen and oxygen atoms in total. The summed E-state index contributed by atoms with van der Waals surface area (Å²) in [6.07, 6.45) is 2.39. The maximum absolute atomic E-state index is 12.6. The molecule has 5 N–H and O–H groups in total. The van der Waals surface area contributed by atoms with Crippen LogP contribution in [-0.2, 0) is 0 Å². The van der Waals surface area contributed by atoms with Crippen molar-refractivity contribution in [2.24, 2.45) is 0 Å². The number of anilines is 1. The fraction of sp³-hybridized carbons (Fsp3) is 0.381. The topological polar surface area (TPSA) is 114 Å². The van der Waals surface area contributed by atoms with Gasteiger partial charge in [-0.05, 0) is 30.7 Å². The predicted octanol–water partition coefficient (Wildman–Crippen LogP) is 0.927.